The average Bonchev–Trinajstić information content (AvgIpc) is 2.80. The van der Waals surface area contributed by atoms with E-state index in [1.165, 1.54) is 0 Å². The number of nitrogens with two attached hydrogens (primary N) is 4. The van der Waals surface area contributed by atoms with Crippen LogP contribution in [0.5, 0.6) is 0 Å². The summed E-state index contributed by atoms with van der Waals surface area (Å²) in [6, 6.07) is -2.92. The molecular formula is C22H39N9O6. The van der Waals surface area contributed by atoms with E-state index in [-0.39, 0.29) is 50.2 Å². The number of hydrogen-bond donors (Lipinski definition) is 8. The van der Waals surface area contributed by atoms with E-state index in [9.17, 15) is 24.0 Å². The maximum absolute atomic E-state index is 13.0. The Hall–Kier alpha value is -4.17. The Morgan fingerprint density at radius 3 is 1.84 bits per heavy atom. The second-order valence-corrected chi connectivity index (χ2v) is 8.57. The molecule has 0 saturated carbocycles. The number of aliphatic imine (C=N–C) groups is 2. The van der Waals surface area contributed by atoms with Crippen LogP contribution in [0.1, 0.15) is 46.0 Å². The minimum Gasteiger partial charge on any atom is -0.478 e. The van der Waals surface area contributed by atoms with Crippen LogP contribution in [-0.2, 0) is 24.0 Å². The molecule has 0 fully saturated rings. The molecule has 0 aliphatic carbocycles. The lowest BCUT2D eigenvalue weighted by Gasteiger charge is -2.25. The monoisotopic (exact) mass is 525 g/mol. The standard InChI is InChI=1S/C22H39N9O6/c1-13(2)11-16(20(37)29-14(12-32)5-3-9-27-21(23)24)31-19(36)15(6-4-10-28-22(25)26)30-17(33)7-8-18(34)35/h7-8,12-16H,3-6,9-11H2,1-2H3,(H,29,37)(H,30,33)(H,31,36)(H,34,35)(H4,23,24,27)(H4,25,26,28)/b8-7+/t14-,15-,16-/m1/s1. The normalized spacial score (nSPS) is 13.2. The molecule has 0 aliphatic heterocycles. The van der Waals surface area contributed by atoms with Crippen molar-refractivity contribution in [3.63, 3.8) is 0 Å². The number of aliphatic carboxylic acids is 1. The number of carbonyl (C=O) groups is 5. The van der Waals surface area contributed by atoms with Crippen LogP contribution in [-0.4, -0.2) is 78.2 Å². The van der Waals surface area contributed by atoms with Crippen LogP contribution in [0.25, 0.3) is 0 Å². The van der Waals surface area contributed by atoms with E-state index >= 15 is 0 Å². The zero-order valence-electron chi connectivity index (χ0n) is 21.2. The zero-order valence-corrected chi connectivity index (χ0v) is 21.2. The van der Waals surface area contributed by atoms with Crippen molar-refractivity contribution in [3.05, 3.63) is 12.2 Å². The topological polar surface area (TPSA) is 270 Å². The van der Waals surface area contributed by atoms with Crippen LogP contribution >= 0.6 is 0 Å². The van der Waals surface area contributed by atoms with Crippen LogP contribution in [0, 0.1) is 5.92 Å². The Labute approximate surface area is 215 Å². The number of guanidine groups is 2. The highest BCUT2D eigenvalue weighted by atomic mass is 16.4. The number of nitrogens with zero attached hydrogens (tertiary/aromatic N) is 2. The molecule has 0 aromatic heterocycles. The van der Waals surface area contributed by atoms with Crippen LogP contribution in [0.2, 0.25) is 0 Å². The maximum atomic E-state index is 13.0. The van der Waals surface area contributed by atoms with Crippen LogP contribution in [0.3, 0.4) is 0 Å². The van der Waals surface area contributed by atoms with Crippen molar-refractivity contribution in [1.29, 1.82) is 0 Å². The van der Waals surface area contributed by atoms with E-state index in [0.717, 1.165) is 6.08 Å². The second-order valence-electron chi connectivity index (χ2n) is 8.57. The number of rotatable bonds is 18. The molecule has 3 amide bonds. The van der Waals surface area contributed by atoms with Gasteiger partial charge in [-0.15, -0.1) is 0 Å². The molecular weight excluding hydrogens is 486 g/mol. The van der Waals surface area contributed by atoms with Gasteiger partial charge in [0.25, 0.3) is 0 Å². The Morgan fingerprint density at radius 1 is 0.811 bits per heavy atom. The minimum atomic E-state index is -1.33. The Morgan fingerprint density at radius 2 is 1.35 bits per heavy atom. The average molecular weight is 526 g/mol. The number of carboxylic acid groups (broad SMARTS) is 1. The molecule has 208 valence electrons. The number of carbonyl (C=O) groups excluding carboxylic acids is 4. The van der Waals surface area contributed by atoms with Crippen LogP contribution in [0.4, 0.5) is 0 Å². The quantitative estimate of drug-likeness (QED) is 0.0304. The van der Waals surface area contributed by atoms with E-state index in [2.05, 4.69) is 25.9 Å². The van der Waals surface area contributed by atoms with Gasteiger partial charge in [-0.25, -0.2) is 4.79 Å². The summed E-state index contributed by atoms with van der Waals surface area (Å²) in [5.41, 5.74) is 21.1. The molecule has 0 aliphatic rings. The first-order chi connectivity index (χ1) is 17.3. The van der Waals surface area contributed by atoms with Crippen molar-refractivity contribution in [2.24, 2.45) is 38.8 Å². The smallest absolute Gasteiger partial charge is 0.328 e. The molecule has 0 aromatic rings. The van der Waals surface area contributed by atoms with Crippen molar-refractivity contribution in [2.45, 2.75) is 64.1 Å². The van der Waals surface area contributed by atoms with Crippen molar-refractivity contribution in [2.75, 3.05) is 13.1 Å². The summed E-state index contributed by atoms with van der Waals surface area (Å²) in [4.78, 5) is 67.8. The van der Waals surface area contributed by atoms with Gasteiger partial charge in [0.15, 0.2) is 11.9 Å². The summed E-state index contributed by atoms with van der Waals surface area (Å²) in [6.45, 7) is 4.17. The summed E-state index contributed by atoms with van der Waals surface area (Å²) in [6.07, 6.45) is 3.38. The first-order valence-electron chi connectivity index (χ1n) is 11.7. The fraction of sp³-hybridized carbons (Fsp3) is 0.591. The van der Waals surface area contributed by atoms with Gasteiger partial charge in [0.05, 0.1) is 6.04 Å². The third-order valence-electron chi connectivity index (χ3n) is 4.76. The predicted molar refractivity (Wildman–Crippen MR) is 138 cm³/mol. The molecule has 0 saturated heterocycles. The highest BCUT2D eigenvalue weighted by Crippen LogP contribution is 2.08. The molecule has 15 heteroatoms. The second kappa shape index (κ2) is 18.1. The van der Waals surface area contributed by atoms with E-state index < -0.39 is 41.8 Å². The predicted octanol–water partition coefficient (Wildman–Crippen LogP) is -2.57. The van der Waals surface area contributed by atoms with Crippen molar-refractivity contribution in [3.8, 4) is 0 Å². The molecule has 12 N–H and O–H groups in total. The summed E-state index contributed by atoms with van der Waals surface area (Å²) < 4.78 is 0. The van der Waals surface area contributed by atoms with E-state index in [4.69, 9.17) is 28.0 Å². The van der Waals surface area contributed by atoms with E-state index in [0.29, 0.717) is 25.2 Å². The molecule has 0 rings (SSSR count). The first kappa shape index (κ1) is 32.8. The van der Waals surface area contributed by atoms with Gasteiger partial charge in [0.1, 0.15) is 18.4 Å². The van der Waals surface area contributed by atoms with Gasteiger partial charge in [-0.3, -0.25) is 24.4 Å². The lowest BCUT2D eigenvalue weighted by molar-refractivity contribution is -0.132. The third kappa shape index (κ3) is 17.0. The molecule has 0 spiro atoms. The molecule has 15 nitrogen and oxygen atoms in total. The number of aldehydes is 1. The first-order valence-corrected chi connectivity index (χ1v) is 11.7. The van der Waals surface area contributed by atoms with E-state index in [1.807, 2.05) is 13.8 Å². The number of amides is 3. The van der Waals surface area contributed by atoms with Crippen molar-refractivity contribution in [1.82, 2.24) is 16.0 Å². The van der Waals surface area contributed by atoms with Crippen molar-refractivity contribution >= 4 is 41.9 Å². The lowest BCUT2D eigenvalue weighted by atomic mass is 10.0. The molecule has 0 heterocycles. The van der Waals surface area contributed by atoms with Gasteiger partial charge < -0.3 is 48.8 Å². The highest BCUT2D eigenvalue weighted by Gasteiger charge is 2.28. The Balaban J connectivity index is 5.44. The summed E-state index contributed by atoms with van der Waals surface area (Å²) >= 11 is 0. The van der Waals surface area contributed by atoms with E-state index in [1.54, 1.807) is 0 Å². The molecule has 3 atom stereocenters. The number of carboxylic acids is 1. The summed E-state index contributed by atoms with van der Waals surface area (Å²) in [7, 11) is 0. The van der Waals surface area contributed by atoms with Gasteiger partial charge in [-0.2, -0.15) is 0 Å². The highest BCUT2D eigenvalue weighted by molar-refractivity contribution is 5.97. The summed E-state index contributed by atoms with van der Waals surface area (Å²) in [5.74, 6) is -3.59. The fourth-order valence-corrected chi connectivity index (χ4v) is 3.09. The van der Waals surface area contributed by atoms with Gasteiger partial charge in [-0.1, -0.05) is 13.8 Å². The lowest BCUT2D eigenvalue weighted by Crippen LogP contribution is -2.55. The minimum absolute atomic E-state index is 0.000931. The molecule has 0 bridgehead atoms. The SMILES string of the molecule is CC(C)C[C@@H](NC(=O)[C@@H](CCCN=C(N)N)NC(=O)/C=C/C(=O)O)C(=O)N[C@@H](C=O)CCCN=C(N)N. The largest absolute Gasteiger partial charge is 0.478 e. The molecule has 0 aromatic carbocycles. The van der Waals surface area contributed by atoms with Gasteiger partial charge in [-0.05, 0) is 38.0 Å². The summed E-state index contributed by atoms with van der Waals surface area (Å²) in [5, 5.41) is 16.3. The zero-order chi connectivity index (χ0) is 28.4. The van der Waals surface area contributed by atoms with Crippen LogP contribution in [0.15, 0.2) is 22.1 Å². The van der Waals surface area contributed by atoms with Crippen LogP contribution < -0.4 is 38.9 Å². The van der Waals surface area contributed by atoms with Gasteiger partial charge in [0, 0.05) is 25.2 Å². The maximum Gasteiger partial charge on any atom is 0.328 e. The van der Waals surface area contributed by atoms with Gasteiger partial charge in [0.2, 0.25) is 17.7 Å². The molecule has 37 heavy (non-hydrogen) atoms. The third-order valence-corrected chi connectivity index (χ3v) is 4.76. The fourth-order valence-electron chi connectivity index (χ4n) is 3.09. The molecule has 0 radical (unpaired) electrons. The molecule has 0 unspecified atom stereocenters. The van der Waals surface area contributed by atoms with Crippen molar-refractivity contribution < 1.29 is 29.1 Å². The number of hydrogen-bond acceptors (Lipinski definition) is 7. The van der Waals surface area contributed by atoms with Gasteiger partial charge >= 0.3 is 5.97 Å². The Bertz CT molecular complexity index is 865. The number of nitrogens with one attached hydrogen (secondary N) is 3. The Kier molecular flexibility index (Phi) is 16.1.